The second-order valence-corrected chi connectivity index (χ2v) is 7.76. The maximum absolute atomic E-state index is 12.4. The van der Waals surface area contributed by atoms with Gasteiger partial charge in [0.15, 0.2) is 11.4 Å². The Morgan fingerprint density at radius 3 is 2.23 bits per heavy atom. The van der Waals surface area contributed by atoms with Crippen molar-refractivity contribution in [2.75, 3.05) is 38.2 Å². The Kier molecular flexibility index (Phi) is 7.28. The number of carbonyl (C=O) groups excluding carboxylic acids is 4. The van der Waals surface area contributed by atoms with Crippen LogP contribution >= 0.6 is 0 Å². The molecule has 0 unspecified atom stereocenters. The molecule has 0 radical (unpaired) electrons. The number of primary amides is 1. The summed E-state index contributed by atoms with van der Waals surface area (Å²) in [6, 6.07) is 0. The third-order valence-corrected chi connectivity index (χ3v) is 4.39. The molecular weight excluding hydrogens is 406 g/mol. The van der Waals surface area contributed by atoms with Crippen LogP contribution in [-0.2, 0) is 20.8 Å². The van der Waals surface area contributed by atoms with E-state index in [9.17, 15) is 19.2 Å². The van der Waals surface area contributed by atoms with Crippen LogP contribution in [-0.4, -0.2) is 77.1 Å². The molecule has 0 aromatic carbocycles. The smallest absolute Gasteiger partial charge is 0.410 e. The van der Waals surface area contributed by atoms with Crippen LogP contribution in [0.5, 0.6) is 0 Å². The molecule has 0 spiro atoms. The topological polar surface area (TPSA) is 137 Å². The number of hydrogen-bond donors (Lipinski definition) is 1. The molecule has 1 fully saturated rings. The molecule has 11 heteroatoms. The quantitative estimate of drug-likeness (QED) is 0.305. The van der Waals surface area contributed by atoms with Crippen LogP contribution in [0.1, 0.15) is 48.7 Å². The highest BCUT2D eigenvalue weighted by Crippen LogP contribution is 2.23. The molecule has 2 rings (SSSR count). The number of ketones is 1. The number of nitrogens with two attached hydrogens (primary N) is 1. The van der Waals surface area contributed by atoms with Crippen molar-refractivity contribution in [3.8, 4) is 11.8 Å². The van der Waals surface area contributed by atoms with E-state index in [1.165, 1.54) is 4.57 Å². The number of amides is 2. The van der Waals surface area contributed by atoms with Gasteiger partial charge in [0.1, 0.15) is 5.60 Å². The third kappa shape index (κ3) is 5.53. The molecule has 2 amide bonds. The van der Waals surface area contributed by atoms with Gasteiger partial charge in [-0.25, -0.2) is 14.6 Å². The lowest BCUT2D eigenvalue weighted by atomic mass is 10.2. The Balaban J connectivity index is 2.38. The van der Waals surface area contributed by atoms with Crippen molar-refractivity contribution in [3.05, 3.63) is 11.4 Å². The molecule has 2 N–H and O–H groups in total. The number of aromatic nitrogens is 2. The number of methoxy groups -OCH3 is 1. The molecule has 0 bridgehead atoms. The second kappa shape index (κ2) is 9.51. The van der Waals surface area contributed by atoms with Gasteiger partial charge in [-0.3, -0.25) is 14.2 Å². The molecule has 1 saturated heterocycles. The number of esters is 1. The molecular formula is C20H27N5O6. The van der Waals surface area contributed by atoms with E-state index in [0.29, 0.717) is 26.2 Å². The summed E-state index contributed by atoms with van der Waals surface area (Å²) in [5, 5.41) is 0. The van der Waals surface area contributed by atoms with Crippen LogP contribution < -0.4 is 10.6 Å². The number of Topliss-reactive ketones (excluding diaryl/α,β-unsaturated/α-hetero) is 1. The Morgan fingerprint density at radius 2 is 1.74 bits per heavy atom. The lowest BCUT2D eigenvalue weighted by molar-refractivity contribution is -0.114. The van der Waals surface area contributed by atoms with Crippen molar-refractivity contribution < 1.29 is 28.7 Å². The summed E-state index contributed by atoms with van der Waals surface area (Å²) in [7, 11) is 1.16. The lowest BCUT2D eigenvalue weighted by Crippen LogP contribution is -2.50. The zero-order valence-corrected chi connectivity index (χ0v) is 18.4. The standard InChI is InChI=1S/C20H27N5O6/c1-6-7-8-25-14(17(28)30-5)13(15(26)16(21)27)22-18(25)23-9-11-24(12-10-23)19(29)31-20(2,3)4/h8-12H2,1-5H3,(H2,21,27). The number of anilines is 1. The predicted octanol–water partition coefficient (Wildman–Crippen LogP) is 0.418. The molecule has 1 aromatic heterocycles. The van der Waals surface area contributed by atoms with Crippen molar-refractivity contribution >= 4 is 29.7 Å². The minimum atomic E-state index is -1.24. The van der Waals surface area contributed by atoms with Gasteiger partial charge in [-0.2, -0.15) is 0 Å². The average molecular weight is 433 g/mol. The fraction of sp³-hybridized carbons (Fsp3) is 0.550. The Morgan fingerprint density at radius 1 is 1.13 bits per heavy atom. The van der Waals surface area contributed by atoms with Crippen LogP contribution in [0, 0.1) is 11.8 Å². The minimum absolute atomic E-state index is 0.0432. The fourth-order valence-corrected chi connectivity index (χ4v) is 2.98. The minimum Gasteiger partial charge on any atom is -0.464 e. The van der Waals surface area contributed by atoms with Crippen LogP contribution in [0.2, 0.25) is 0 Å². The van der Waals surface area contributed by atoms with Gasteiger partial charge < -0.3 is 25.0 Å². The summed E-state index contributed by atoms with van der Waals surface area (Å²) in [5.74, 6) is 2.63. The van der Waals surface area contributed by atoms with Gasteiger partial charge in [0.2, 0.25) is 5.95 Å². The molecule has 0 saturated carbocycles. The molecule has 1 aliphatic rings. The van der Waals surface area contributed by atoms with Crippen molar-refractivity contribution in [2.24, 2.45) is 5.73 Å². The number of hydrogen-bond acceptors (Lipinski definition) is 8. The van der Waals surface area contributed by atoms with E-state index in [2.05, 4.69) is 16.8 Å². The van der Waals surface area contributed by atoms with E-state index in [1.807, 2.05) is 0 Å². The maximum Gasteiger partial charge on any atom is 0.410 e. The third-order valence-electron chi connectivity index (χ3n) is 4.39. The van der Waals surface area contributed by atoms with Crippen molar-refractivity contribution in [2.45, 2.75) is 39.8 Å². The molecule has 168 valence electrons. The van der Waals surface area contributed by atoms with E-state index in [-0.39, 0.29) is 23.9 Å². The normalized spacial score (nSPS) is 13.8. The van der Waals surface area contributed by atoms with E-state index < -0.39 is 29.4 Å². The largest absolute Gasteiger partial charge is 0.464 e. The number of carbonyl (C=O) groups is 4. The Labute approximate surface area is 180 Å². The second-order valence-electron chi connectivity index (χ2n) is 7.76. The molecule has 2 heterocycles. The number of ether oxygens (including phenoxy) is 2. The fourth-order valence-electron chi connectivity index (χ4n) is 2.98. The molecule has 31 heavy (non-hydrogen) atoms. The summed E-state index contributed by atoms with van der Waals surface area (Å²) >= 11 is 0. The highest BCUT2D eigenvalue weighted by Gasteiger charge is 2.34. The molecule has 11 nitrogen and oxygen atoms in total. The zero-order valence-electron chi connectivity index (χ0n) is 18.4. The first-order valence-electron chi connectivity index (χ1n) is 9.65. The summed E-state index contributed by atoms with van der Waals surface area (Å²) in [6.07, 6.45) is -0.424. The number of nitrogens with zero attached hydrogens (tertiary/aromatic N) is 4. The SMILES string of the molecule is CC#CCn1c(N2CCN(C(=O)OC(C)(C)C)CC2)nc(C(=O)C(N)=O)c1C(=O)OC. The van der Waals surface area contributed by atoms with Crippen molar-refractivity contribution in [3.63, 3.8) is 0 Å². The number of rotatable bonds is 5. The highest BCUT2D eigenvalue weighted by atomic mass is 16.6. The van der Waals surface area contributed by atoms with Crippen molar-refractivity contribution in [1.29, 1.82) is 0 Å². The van der Waals surface area contributed by atoms with Crippen LogP contribution in [0.4, 0.5) is 10.7 Å². The first-order chi connectivity index (χ1) is 14.5. The monoisotopic (exact) mass is 433 g/mol. The summed E-state index contributed by atoms with van der Waals surface area (Å²) < 4.78 is 11.6. The lowest BCUT2D eigenvalue weighted by Gasteiger charge is -2.36. The van der Waals surface area contributed by atoms with Gasteiger partial charge in [-0.15, -0.1) is 5.92 Å². The summed E-state index contributed by atoms with van der Waals surface area (Å²) in [5.41, 5.74) is 3.94. The number of imidazole rings is 1. The van der Waals surface area contributed by atoms with E-state index in [4.69, 9.17) is 15.2 Å². The molecule has 0 aliphatic carbocycles. The Bertz CT molecular complexity index is 942. The van der Waals surface area contributed by atoms with E-state index >= 15 is 0 Å². The summed E-state index contributed by atoms with van der Waals surface area (Å²) in [4.78, 5) is 56.1. The van der Waals surface area contributed by atoms with Gasteiger partial charge in [0.25, 0.3) is 11.7 Å². The van der Waals surface area contributed by atoms with Gasteiger partial charge in [0.05, 0.1) is 13.7 Å². The van der Waals surface area contributed by atoms with E-state index in [0.717, 1.165) is 7.11 Å². The zero-order chi connectivity index (χ0) is 23.3. The van der Waals surface area contributed by atoms with Gasteiger partial charge in [-0.1, -0.05) is 5.92 Å². The van der Waals surface area contributed by atoms with Gasteiger partial charge >= 0.3 is 12.1 Å². The predicted molar refractivity (Wildman–Crippen MR) is 111 cm³/mol. The summed E-state index contributed by atoms with van der Waals surface area (Å²) in [6.45, 7) is 8.45. The Hall–Kier alpha value is -3.55. The maximum atomic E-state index is 12.4. The van der Waals surface area contributed by atoms with E-state index in [1.54, 1.807) is 37.5 Å². The van der Waals surface area contributed by atoms with Crippen LogP contribution in [0.15, 0.2) is 0 Å². The molecule has 0 atom stereocenters. The van der Waals surface area contributed by atoms with Gasteiger partial charge in [0, 0.05) is 26.2 Å². The molecule has 1 aromatic rings. The first kappa shape index (κ1) is 23.7. The highest BCUT2D eigenvalue weighted by molar-refractivity contribution is 6.42. The molecule has 1 aliphatic heterocycles. The van der Waals surface area contributed by atoms with Gasteiger partial charge in [-0.05, 0) is 27.7 Å². The average Bonchev–Trinajstić information content (AvgIpc) is 3.09. The van der Waals surface area contributed by atoms with Crippen molar-refractivity contribution in [1.82, 2.24) is 14.5 Å². The van der Waals surface area contributed by atoms with Crippen LogP contribution in [0.3, 0.4) is 0 Å². The number of piperazine rings is 1. The first-order valence-corrected chi connectivity index (χ1v) is 9.65. The van der Waals surface area contributed by atoms with Crippen LogP contribution in [0.25, 0.3) is 0 Å².